The fraction of sp³-hybridized carbons (Fsp3) is 0.611. The van der Waals surface area contributed by atoms with Gasteiger partial charge in [-0.2, -0.15) is 13.2 Å². The summed E-state index contributed by atoms with van der Waals surface area (Å²) in [4.78, 5) is 13.4. The molecule has 136 valence electrons. The van der Waals surface area contributed by atoms with Crippen molar-refractivity contribution in [3.05, 3.63) is 35.9 Å². The molecule has 1 aromatic rings. The van der Waals surface area contributed by atoms with Crippen molar-refractivity contribution < 1.29 is 18.0 Å². The molecule has 0 saturated heterocycles. The summed E-state index contributed by atoms with van der Waals surface area (Å²) in [7, 11) is 0. The van der Waals surface area contributed by atoms with E-state index in [4.69, 9.17) is 0 Å². The maximum atomic E-state index is 12.3. The maximum absolute atomic E-state index is 12.3. The molecule has 6 heteroatoms. The van der Waals surface area contributed by atoms with E-state index in [-0.39, 0.29) is 24.5 Å². The molecule has 0 aliphatic heterocycles. The Morgan fingerprint density at radius 1 is 1.21 bits per heavy atom. The van der Waals surface area contributed by atoms with Crippen LogP contribution in [0.2, 0.25) is 0 Å². The van der Waals surface area contributed by atoms with Gasteiger partial charge in [0.25, 0.3) is 0 Å². The van der Waals surface area contributed by atoms with E-state index >= 15 is 0 Å². The number of rotatable bonds is 7. The van der Waals surface area contributed by atoms with Crippen molar-refractivity contribution in [1.82, 2.24) is 10.2 Å². The van der Waals surface area contributed by atoms with Crippen LogP contribution >= 0.6 is 0 Å². The number of benzene rings is 1. The van der Waals surface area contributed by atoms with Gasteiger partial charge in [-0.05, 0) is 31.2 Å². The van der Waals surface area contributed by atoms with Crippen molar-refractivity contribution in [3.63, 3.8) is 0 Å². The first-order valence-electron chi connectivity index (χ1n) is 8.23. The van der Waals surface area contributed by atoms with Crippen molar-refractivity contribution in [1.29, 1.82) is 0 Å². The van der Waals surface area contributed by atoms with E-state index in [0.717, 1.165) is 5.56 Å². The van der Waals surface area contributed by atoms with Crippen molar-refractivity contribution in [2.75, 3.05) is 13.1 Å². The van der Waals surface area contributed by atoms with Gasteiger partial charge < -0.3 is 10.2 Å². The summed E-state index contributed by atoms with van der Waals surface area (Å²) in [6.45, 7) is 7.66. The minimum absolute atomic E-state index is 0.142. The van der Waals surface area contributed by atoms with Crippen LogP contribution < -0.4 is 5.32 Å². The van der Waals surface area contributed by atoms with E-state index in [1.165, 1.54) is 4.90 Å². The summed E-state index contributed by atoms with van der Waals surface area (Å²) in [5.74, 6) is 0. The van der Waals surface area contributed by atoms with E-state index in [1.54, 1.807) is 6.92 Å². The summed E-state index contributed by atoms with van der Waals surface area (Å²) < 4.78 is 37.0. The Labute approximate surface area is 142 Å². The van der Waals surface area contributed by atoms with Gasteiger partial charge in [-0.1, -0.05) is 44.2 Å². The molecule has 0 saturated carbocycles. The first-order valence-corrected chi connectivity index (χ1v) is 8.23. The van der Waals surface area contributed by atoms with Gasteiger partial charge in [0.2, 0.25) is 0 Å². The van der Waals surface area contributed by atoms with Crippen molar-refractivity contribution >= 4 is 6.03 Å². The number of amides is 2. The molecule has 0 radical (unpaired) electrons. The van der Waals surface area contributed by atoms with Gasteiger partial charge in [-0.25, -0.2) is 4.79 Å². The Balaban J connectivity index is 2.59. The zero-order valence-corrected chi connectivity index (χ0v) is 14.8. The maximum Gasteiger partial charge on any atom is 0.390 e. The highest BCUT2D eigenvalue weighted by molar-refractivity contribution is 5.74. The average Bonchev–Trinajstić information content (AvgIpc) is 2.46. The monoisotopic (exact) mass is 344 g/mol. The van der Waals surface area contributed by atoms with E-state index in [2.05, 4.69) is 19.2 Å². The van der Waals surface area contributed by atoms with Crippen LogP contribution in [0.1, 0.15) is 46.1 Å². The highest BCUT2D eigenvalue weighted by Crippen LogP contribution is 2.28. The van der Waals surface area contributed by atoms with Gasteiger partial charge in [0.1, 0.15) is 0 Å². The molecule has 0 fully saturated rings. The largest absolute Gasteiger partial charge is 0.390 e. The molecule has 3 nitrogen and oxygen atoms in total. The molecular formula is C18H27F3N2O. The third-order valence-electron chi connectivity index (χ3n) is 4.08. The van der Waals surface area contributed by atoms with Gasteiger partial charge >= 0.3 is 12.2 Å². The van der Waals surface area contributed by atoms with Crippen molar-refractivity contribution in [3.8, 4) is 0 Å². The number of hydrogen-bond donors (Lipinski definition) is 1. The van der Waals surface area contributed by atoms with Crippen LogP contribution in [-0.2, 0) is 5.41 Å². The molecular weight excluding hydrogens is 317 g/mol. The fourth-order valence-electron chi connectivity index (χ4n) is 2.79. The molecule has 0 aliphatic rings. The summed E-state index contributed by atoms with van der Waals surface area (Å²) in [5.41, 5.74) is 1.02. The van der Waals surface area contributed by atoms with Crippen molar-refractivity contribution in [2.24, 2.45) is 0 Å². The zero-order valence-electron chi connectivity index (χ0n) is 14.8. The molecule has 0 heterocycles. The fourth-order valence-corrected chi connectivity index (χ4v) is 2.79. The minimum atomic E-state index is -4.26. The smallest absolute Gasteiger partial charge is 0.336 e. The number of hydrogen-bond acceptors (Lipinski definition) is 1. The van der Waals surface area contributed by atoms with E-state index in [9.17, 15) is 18.0 Å². The summed E-state index contributed by atoms with van der Waals surface area (Å²) in [6.07, 6.45) is -4.55. The number of carbonyl (C=O) groups excluding carboxylic acids is 1. The molecule has 1 aromatic carbocycles. The standard InChI is InChI=1S/C18H27F3N2O/c1-5-23(12-11-18(19,20)21)16(24)22-14(2)13-17(3,4)15-9-7-6-8-10-15/h6-10,14H,5,11-13H2,1-4H3,(H,22,24). The van der Waals surface area contributed by atoms with E-state index in [0.29, 0.717) is 6.42 Å². The second-order valence-corrected chi connectivity index (χ2v) is 6.75. The number of halogens is 3. The Morgan fingerprint density at radius 3 is 2.29 bits per heavy atom. The van der Waals surface area contributed by atoms with Gasteiger partial charge in [0, 0.05) is 19.1 Å². The summed E-state index contributed by atoms with van der Waals surface area (Å²) in [6, 6.07) is 9.37. The molecule has 2 amide bonds. The van der Waals surface area contributed by atoms with Gasteiger partial charge in [-0.3, -0.25) is 0 Å². The topological polar surface area (TPSA) is 32.3 Å². The average molecular weight is 344 g/mol. The third kappa shape index (κ3) is 6.81. The summed E-state index contributed by atoms with van der Waals surface area (Å²) in [5, 5.41) is 2.81. The van der Waals surface area contributed by atoms with E-state index < -0.39 is 18.6 Å². The first-order chi connectivity index (χ1) is 11.0. The number of nitrogens with zero attached hydrogens (tertiary/aromatic N) is 1. The van der Waals surface area contributed by atoms with Gasteiger partial charge in [0.05, 0.1) is 6.42 Å². The van der Waals surface area contributed by atoms with Gasteiger partial charge in [0.15, 0.2) is 0 Å². The van der Waals surface area contributed by atoms with Crippen LogP contribution in [0.25, 0.3) is 0 Å². The molecule has 0 spiro atoms. The molecule has 0 aromatic heterocycles. The Kier molecular flexibility index (Phi) is 7.11. The summed E-state index contributed by atoms with van der Waals surface area (Å²) >= 11 is 0. The molecule has 1 N–H and O–H groups in total. The number of urea groups is 1. The van der Waals surface area contributed by atoms with E-state index in [1.807, 2.05) is 37.3 Å². The second kappa shape index (κ2) is 8.40. The lowest BCUT2D eigenvalue weighted by atomic mass is 9.79. The highest BCUT2D eigenvalue weighted by Gasteiger charge is 2.29. The number of carbonyl (C=O) groups is 1. The van der Waals surface area contributed by atoms with Crippen LogP contribution in [-0.4, -0.2) is 36.2 Å². The van der Waals surface area contributed by atoms with Crippen LogP contribution in [0.4, 0.5) is 18.0 Å². The Hall–Kier alpha value is -1.72. The number of alkyl halides is 3. The van der Waals surface area contributed by atoms with Crippen LogP contribution in [0.5, 0.6) is 0 Å². The van der Waals surface area contributed by atoms with Crippen LogP contribution in [0.3, 0.4) is 0 Å². The lowest BCUT2D eigenvalue weighted by Gasteiger charge is -2.31. The lowest BCUT2D eigenvalue weighted by molar-refractivity contribution is -0.136. The SMILES string of the molecule is CCN(CCC(F)(F)F)C(=O)NC(C)CC(C)(C)c1ccccc1. The minimum Gasteiger partial charge on any atom is -0.336 e. The van der Waals surface area contributed by atoms with Crippen LogP contribution in [0.15, 0.2) is 30.3 Å². The number of nitrogens with one attached hydrogen (secondary N) is 1. The van der Waals surface area contributed by atoms with Crippen LogP contribution in [0, 0.1) is 0 Å². The lowest BCUT2D eigenvalue weighted by Crippen LogP contribution is -2.46. The predicted octanol–water partition coefficient (Wildman–Crippen LogP) is 4.73. The molecule has 1 unspecified atom stereocenters. The highest BCUT2D eigenvalue weighted by atomic mass is 19.4. The zero-order chi connectivity index (χ0) is 18.4. The molecule has 0 aliphatic carbocycles. The second-order valence-electron chi connectivity index (χ2n) is 6.75. The predicted molar refractivity (Wildman–Crippen MR) is 90.0 cm³/mol. The molecule has 1 rings (SSSR count). The molecule has 0 bridgehead atoms. The molecule has 24 heavy (non-hydrogen) atoms. The van der Waals surface area contributed by atoms with Crippen molar-refractivity contribution in [2.45, 2.75) is 58.2 Å². The quantitative estimate of drug-likeness (QED) is 0.762. The van der Waals surface area contributed by atoms with Gasteiger partial charge in [-0.15, -0.1) is 0 Å². The Bertz CT molecular complexity index is 515. The normalized spacial score (nSPS) is 13.5. The Morgan fingerprint density at radius 2 is 1.79 bits per heavy atom. The molecule has 1 atom stereocenters. The third-order valence-corrected chi connectivity index (χ3v) is 4.08. The first kappa shape index (κ1) is 20.3.